The van der Waals surface area contributed by atoms with Crippen molar-refractivity contribution < 1.29 is 9.18 Å². The molecular weight excluding hydrogens is 355 g/mol. The smallest absolute Gasteiger partial charge is 0.242 e. The van der Waals surface area contributed by atoms with Crippen LogP contribution in [0.3, 0.4) is 0 Å². The summed E-state index contributed by atoms with van der Waals surface area (Å²) >= 11 is 5.90. The van der Waals surface area contributed by atoms with Crippen LogP contribution in [0.1, 0.15) is 5.56 Å². The fourth-order valence-corrected chi connectivity index (χ4v) is 3.26. The van der Waals surface area contributed by atoms with E-state index in [2.05, 4.69) is 9.97 Å². The van der Waals surface area contributed by atoms with Gasteiger partial charge in [-0.25, -0.2) is 14.4 Å². The quantitative estimate of drug-likeness (QED) is 0.710. The standard InChI is InChI=1S/C19H16ClFN4O/c20-14-3-1-13(2-4-14)10-24-7-8-25(11-18(24)26)19-16-9-15(21)5-6-17(16)22-12-23-19/h1-6,9,12H,7-8,10-11H2. The van der Waals surface area contributed by atoms with Gasteiger partial charge in [0.2, 0.25) is 5.91 Å². The maximum Gasteiger partial charge on any atom is 0.242 e. The highest BCUT2D eigenvalue weighted by Crippen LogP contribution is 2.25. The summed E-state index contributed by atoms with van der Waals surface area (Å²) in [6.07, 6.45) is 1.44. The Kier molecular flexibility index (Phi) is 4.42. The van der Waals surface area contributed by atoms with E-state index >= 15 is 0 Å². The number of amides is 1. The third-order valence-corrected chi connectivity index (χ3v) is 4.73. The van der Waals surface area contributed by atoms with Gasteiger partial charge in [0.25, 0.3) is 0 Å². The molecule has 5 nitrogen and oxygen atoms in total. The van der Waals surface area contributed by atoms with Crippen molar-refractivity contribution in [3.8, 4) is 0 Å². The second-order valence-electron chi connectivity index (χ2n) is 6.22. The summed E-state index contributed by atoms with van der Waals surface area (Å²) in [5.41, 5.74) is 1.69. The molecule has 1 amide bonds. The van der Waals surface area contributed by atoms with E-state index in [1.54, 1.807) is 6.07 Å². The van der Waals surface area contributed by atoms with E-state index in [1.807, 2.05) is 34.1 Å². The summed E-state index contributed by atoms with van der Waals surface area (Å²) in [6, 6.07) is 11.9. The Morgan fingerprint density at radius 2 is 1.88 bits per heavy atom. The topological polar surface area (TPSA) is 49.3 Å². The summed E-state index contributed by atoms with van der Waals surface area (Å²) in [7, 11) is 0. The third-order valence-electron chi connectivity index (χ3n) is 4.48. The van der Waals surface area contributed by atoms with Gasteiger partial charge in [-0.2, -0.15) is 0 Å². The maximum atomic E-state index is 13.6. The number of piperazine rings is 1. The van der Waals surface area contributed by atoms with Crippen LogP contribution >= 0.6 is 11.6 Å². The van der Waals surface area contributed by atoms with Crippen LogP contribution in [-0.2, 0) is 11.3 Å². The maximum absolute atomic E-state index is 13.6. The lowest BCUT2D eigenvalue weighted by Gasteiger charge is -2.35. The van der Waals surface area contributed by atoms with E-state index in [-0.39, 0.29) is 18.3 Å². The molecule has 1 aliphatic rings. The summed E-state index contributed by atoms with van der Waals surface area (Å²) in [6.45, 7) is 1.95. The zero-order valence-corrected chi connectivity index (χ0v) is 14.7. The van der Waals surface area contributed by atoms with Gasteiger partial charge in [0.15, 0.2) is 0 Å². The molecule has 2 heterocycles. The van der Waals surface area contributed by atoms with Crippen LogP contribution in [0, 0.1) is 5.82 Å². The fraction of sp³-hybridized carbons (Fsp3) is 0.211. The molecule has 26 heavy (non-hydrogen) atoms. The normalized spacial score (nSPS) is 14.9. The second-order valence-corrected chi connectivity index (χ2v) is 6.66. The summed E-state index contributed by atoms with van der Waals surface area (Å²) in [5.74, 6) is 0.254. The Labute approximate surface area is 155 Å². The number of fused-ring (bicyclic) bond motifs is 1. The monoisotopic (exact) mass is 370 g/mol. The Hall–Kier alpha value is -2.73. The molecule has 1 aliphatic heterocycles. The molecule has 0 saturated carbocycles. The van der Waals surface area contributed by atoms with Gasteiger partial charge in [0.05, 0.1) is 12.1 Å². The highest BCUT2D eigenvalue weighted by molar-refractivity contribution is 6.30. The first-order chi connectivity index (χ1) is 12.6. The molecule has 132 valence electrons. The lowest BCUT2D eigenvalue weighted by Crippen LogP contribution is -2.50. The largest absolute Gasteiger partial charge is 0.345 e. The number of aromatic nitrogens is 2. The third kappa shape index (κ3) is 3.32. The van der Waals surface area contributed by atoms with Crippen molar-refractivity contribution in [2.24, 2.45) is 0 Å². The van der Waals surface area contributed by atoms with E-state index in [0.29, 0.717) is 41.4 Å². The lowest BCUT2D eigenvalue weighted by molar-refractivity contribution is -0.131. The molecule has 1 fully saturated rings. The van der Waals surface area contributed by atoms with Gasteiger partial charge in [-0.15, -0.1) is 0 Å². The Morgan fingerprint density at radius 3 is 2.65 bits per heavy atom. The van der Waals surface area contributed by atoms with Crippen molar-refractivity contribution in [2.75, 3.05) is 24.5 Å². The SMILES string of the molecule is O=C1CN(c2ncnc3ccc(F)cc23)CCN1Cc1ccc(Cl)cc1. The minimum Gasteiger partial charge on any atom is -0.345 e. The number of benzene rings is 2. The first-order valence-electron chi connectivity index (χ1n) is 8.27. The average molecular weight is 371 g/mol. The lowest BCUT2D eigenvalue weighted by atomic mass is 10.1. The van der Waals surface area contributed by atoms with E-state index in [9.17, 15) is 9.18 Å². The van der Waals surface area contributed by atoms with Crippen molar-refractivity contribution in [3.63, 3.8) is 0 Å². The Morgan fingerprint density at radius 1 is 1.08 bits per heavy atom. The minimum atomic E-state index is -0.346. The highest BCUT2D eigenvalue weighted by atomic mass is 35.5. The number of rotatable bonds is 3. The molecule has 1 aromatic heterocycles. The van der Waals surface area contributed by atoms with Crippen LogP contribution in [0.5, 0.6) is 0 Å². The van der Waals surface area contributed by atoms with E-state index < -0.39 is 0 Å². The molecule has 1 saturated heterocycles. The average Bonchev–Trinajstić information content (AvgIpc) is 2.64. The predicted octanol–water partition coefficient (Wildman–Crippen LogP) is 3.27. The molecule has 7 heteroatoms. The Balaban J connectivity index is 1.53. The number of hydrogen-bond acceptors (Lipinski definition) is 4. The van der Waals surface area contributed by atoms with Gasteiger partial charge in [-0.1, -0.05) is 23.7 Å². The van der Waals surface area contributed by atoms with E-state index in [0.717, 1.165) is 5.56 Å². The van der Waals surface area contributed by atoms with Crippen molar-refractivity contribution in [1.29, 1.82) is 0 Å². The number of carbonyl (C=O) groups excluding carboxylic acids is 1. The zero-order valence-electron chi connectivity index (χ0n) is 13.9. The van der Waals surface area contributed by atoms with Gasteiger partial charge in [0, 0.05) is 30.0 Å². The number of carbonyl (C=O) groups is 1. The molecule has 0 N–H and O–H groups in total. The van der Waals surface area contributed by atoms with Crippen LogP contribution in [0.15, 0.2) is 48.8 Å². The molecule has 0 radical (unpaired) electrons. The fourth-order valence-electron chi connectivity index (χ4n) is 3.13. The van der Waals surface area contributed by atoms with Gasteiger partial charge < -0.3 is 9.80 Å². The van der Waals surface area contributed by atoms with Crippen LogP contribution in [-0.4, -0.2) is 40.4 Å². The first-order valence-corrected chi connectivity index (χ1v) is 8.65. The molecule has 4 rings (SSSR count). The van der Waals surface area contributed by atoms with Gasteiger partial charge >= 0.3 is 0 Å². The van der Waals surface area contributed by atoms with Crippen LogP contribution in [0.25, 0.3) is 10.9 Å². The van der Waals surface area contributed by atoms with Crippen LogP contribution in [0.4, 0.5) is 10.2 Å². The summed E-state index contributed by atoms with van der Waals surface area (Å²) in [5, 5.41) is 1.29. The second kappa shape index (κ2) is 6.88. The molecule has 0 aliphatic carbocycles. The zero-order chi connectivity index (χ0) is 18.1. The minimum absolute atomic E-state index is 0.00867. The van der Waals surface area contributed by atoms with Crippen molar-refractivity contribution in [2.45, 2.75) is 6.54 Å². The van der Waals surface area contributed by atoms with E-state index in [1.165, 1.54) is 18.5 Å². The number of halogens is 2. The first kappa shape index (κ1) is 16.7. The number of nitrogens with zero attached hydrogens (tertiary/aromatic N) is 4. The number of hydrogen-bond donors (Lipinski definition) is 0. The number of anilines is 1. The summed E-state index contributed by atoms with van der Waals surface area (Å²) in [4.78, 5) is 24.7. The van der Waals surface area contributed by atoms with Crippen molar-refractivity contribution >= 4 is 34.2 Å². The van der Waals surface area contributed by atoms with Gasteiger partial charge in [-0.05, 0) is 35.9 Å². The van der Waals surface area contributed by atoms with Crippen molar-refractivity contribution in [1.82, 2.24) is 14.9 Å². The van der Waals surface area contributed by atoms with Crippen LogP contribution in [0.2, 0.25) is 5.02 Å². The molecule has 0 bridgehead atoms. The molecular formula is C19H16ClFN4O. The molecule has 3 aromatic rings. The van der Waals surface area contributed by atoms with Gasteiger partial charge in [0.1, 0.15) is 18.0 Å². The van der Waals surface area contributed by atoms with Crippen molar-refractivity contribution in [3.05, 3.63) is 65.2 Å². The molecule has 0 unspecified atom stereocenters. The predicted molar refractivity (Wildman–Crippen MR) is 98.6 cm³/mol. The molecule has 0 atom stereocenters. The molecule has 2 aromatic carbocycles. The highest BCUT2D eigenvalue weighted by Gasteiger charge is 2.26. The van der Waals surface area contributed by atoms with Crippen LogP contribution < -0.4 is 4.90 Å². The van der Waals surface area contributed by atoms with E-state index in [4.69, 9.17) is 11.6 Å². The van der Waals surface area contributed by atoms with Gasteiger partial charge in [-0.3, -0.25) is 4.79 Å². The summed E-state index contributed by atoms with van der Waals surface area (Å²) < 4.78 is 13.6. The molecule has 0 spiro atoms. The Bertz CT molecular complexity index is 963.